The van der Waals surface area contributed by atoms with Gasteiger partial charge in [0.25, 0.3) is 0 Å². The molecule has 0 fully saturated rings. The molecule has 102 valence electrons. The minimum Gasteiger partial charge on any atom is -0.315 e. The number of nitrogens with zero attached hydrogens (tertiary/aromatic N) is 1. The maximum Gasteiger partial charge on any atom is 0.417 e. The molecule has 0 aliphatic heterocycles. The van der Waals surface area contributed by atoms with E-state index in [-0.39, 0.29) is 6.04 Å². The highest BCUT2D eigenvalue weighted by molar-refractivity contribution is 5.16. The Hall–Kier alpha value is -1.14. The number of rotatable bonds is 6. The van der Waals surface area contributed by atoms with E-state index in [0.29, 0.717) is 12.2 Å². The van der Waals surface area contributed by atoms with Crippen LogP contribution < -0.4 is 10.6 Å². The lowest BCUT2D eigenvalue weighted by Crippen LogP contribution is -2.35. The van der Waals surface area contributed by atoms with E-state index in [9.17, 15) is 13.2 Å². The zero-order chi connectivity index (χ0) is 13.6. The Bertz CT molecular complexity index is 349. The van der Waals surface area contributed by atoms with Crippen molar-refractivity contribution < 1.29 is 13.2 Å². The van der Waals surface area contributed by atoms with E-state index in [4.69, 9.17) is 0 Å². The van der Waals surface area contributed by atoms with Crippen molar-refractivity contribution in [2.45, 2.75) is 32.6 Å². The monoisotopic (exact) mass is 261 g/mol. The van der Waals surface area contributed by atoms with Gasteiger partial charge in [-0.15, -0.1) is 0 Å². The highest BCUT2D eigenvalue weighted by atomic mass is 19.4. The largest absolute Gasteiger partial charge is 0.417 e. The van der Waals surface area contributed by atoms with Gasteiger partial charge in [-0.1, -0.05) is 6.92 Å². The Balaban J connectivity index is 2.44. The number of likely N-dealkylation sites (N-methyl/N-ethyl adjacent to an activating group) is 1. The number of nitrogens with one attached hydrogen (secondary N) is 2. The number of aromatic nitrogens is 1. The molecule has 1 aromatic rings. The van der Waals surface area contributed by atoms with Gasteiger partial charge in [0, 0.05) is 25.3 Å². The lowest BCUT2D eigenvalue weighted by molar-refractivity contribution is -0.137. The number of hydrogen-bond acceptors (Lipinski definition) is 3. The van der Waals surface area contributed by atoms with E-state index in [1.54, 1.807) is 0 Å². The number of hydrogen-bond donors (Lipinski definition) is 2. The van der Waals surface area contributed by atoms with Crippen molar-refractivity contribution in [2.75, 3.05) is 13.1 Å². The molecular weight excluding hydrogens is 243 g/mol. The minimum absolute atomic E-state index is 0.244. The Morgan fingerprint density at radius 3 is 2.56 bits per heavy atom. The first-order valence-corrected chi connectivity index (χ1v) is 5.89. The maximum atomic E-state index is 12.3. The third-order valence-corrected chi connectivity index (χ3v) is 2.48. The molecule has 6 heteroatoms. The van der Waals surface area contributed by atoms with Crippen molar-refractivity contribution in [3.63, 3.8) is 0 Å². The molecule has 0 aromatic carbocycles. The van der Waals surface area contributed by atoms with Gasteiger partial charge in [-0.2, -0.15) is 13.2 Å². The maximum absolute atomic E-state index is 12.3. The van der Waals surface area contributed by atoms with Crippen LogP contribution in [0.3, 0.4) is 0 Å². The van der Waals surface area contributed by atoms with Crippen LogP contribution in [0.4, 0.5) is 13.2 Å². The lowest BCUT2D eigenvalue weighted by atomic mass is 10.2. The van der Waals surface area contributed by atoms with E-state index in [1.807, 2.05) is 13.8 Å². The summed E-state index contributed by atoms with van der Waals surface area (Å²) in [4.78, 5) is 3.79. The van der Waals surface area contributed by atoms with E-state index in [1.165, 1.54) is 6.07 Å². The van der Waals surface area contributed by atoms with Crippen molar-refractivity contribution in [1.29, 1.82) is 0 Å². The minimum atomic E-state index is -4.32. The van der Waals surface area contributed by atoms with E-state index < -0.39 is 11.7 Å². The Kier molecular flexibility index (Phi) is 5.55. The standard InChI is InChI=1S/C12H18F3N3/c1-3-16-6-9(2)17-8-11-5-4-10(7-18-11)12(13,14)15/h4-5,7,9,16-17H,3,6,8H2,1-2H3. The quantitative estimate of drug-likeness (QED) is 0.824. The number of pyridine rings is 1. The topological polar surface area (TPSA) is 37.0 Å². The SMILES string of the molecule is CCNCC(C)NCc1ccc(C(F)(F)F)cn1. The molecule has 0 radical (unpaired) electrons. The number of alkyl halides is 3. The van der Waals surface area contributed by atoms with Gasteiger partial charge in [-0.3, -0.25) is 4.98 Å². The lowest BCUT2D eigenvalue weighted by Gasteiger charge is -2.14. The fourth-order valence-corrected chi connectivity index (χ4v) is 1.41. The molecule has 3 nitrogen and oxygen atoms in total. The fraction of sp³-hybridized carbons (Fsp3) is 0.583. The second-order valence-corrected chi connectivity index (χ2v) is 4.13. The molecule has 1 atom stereocenters. The molecule has 0 aliphatic carbocycles. The van der Waals surface area contributed by atoms with Crippen molar-refractivity contribution >= 4 is 0 Å². The van der Waals surface area contributed by atoms with Gasteiger partial charge >= 0.3 is 6.18 Å². The van der Waals surface area contributed by atoms with Crippen LogP contribution in [0.2, 0.25) is 0 Å². The average molecular weight is 261 g/mol. The van der Waals surface area contributed by atoms with Crippen LogP contribution in [0.1, 0.15) is 25.1 Å². The molecule has 1 heterocycles. The van der Waals surface area contributed by atoms with Crippen molar-refractivity contribution in [2.24, 2.45) is 0 Å². The molecule has 0 bridgehead atoms. The third-order valence-electron chi connectivity index (χ3n) is 2.48. The van der Waals surface area contributed by atoms with E-state index >= 15 is 0 Å². The summed E-state index contributed by atoms with van der Waals surface area (Å²) in [6, 6.07) is 2.70. The van der Waals surface area contributed by atoms with Crippen molar-refractivity contribution in [3.05, 3.63) is 29.6 Å². The van der Waals surface area contributed by atoms with Crippen LogP contribution in [0.25, 0.3) is 0 Å². The van der Waals surface area contributed by atoms with Gasteiger partial charge < -0.3 is 10.6 Å². The zero-order valence-corrected chi connectivity index (χ0v) is 10.5. The highest BCUT2D eigenvalue weighted by Gasteiger charge is 2.30. The zero-order valence-electron chi connectivity index (χ0n) is 10.5. The Morgan fingerprint density at radius 2 is 2.06 bits per heavy atom. The first-order valence-electron chi connectivity index (χ1n) is 5.89. The first-order chi connectivity index (χ1) is 8.43. The predicted octanol–water partition coefficient (Wildman–Crippen LogP) is 2.19. The molecule has 0 saturated carbocycles. The van der Waals surface area contributed by atoms with Gasteiger partial charge in [0.1, 0.15) is 0 Å². The number of halogens is 3. The summed E-state index contributed by atoms with van der Waals surface area (Å²) >= 11 is 0. The molecule has 1 aromatic heterocycles. The second-order valence-electron chi connectivity index (χ2n) is 4.13. The summed E-state index contributed by atoms with van der Waals surface area (Å²) in [7, 11) is 0. The molecule has 1 unspecified atom stereocenters. The summed E-state index contributed by atoms with van der Waals surface area (Å²) in [6.45, 7) is 6.20. The molecule has 0 spiro atoms. The second kappa shape index (κ2) is 6.70. The average Bonchev–Trinajstić information content (AvgIpc) is 2.33. The fourth-order valence-electron chi connectivity index (χ4n) is 1.41. The summed E-state index contributed by atoms with van der Waals surface area (Å²) < 4.78 is 36.9. The van der Waals surface area contributed by atoms with Gasteiger partial charge in [-0.05, 0) is 25.6 Å². The molecule has 1 rings (SSSR count). The summed E-state index contributed by atoms with van der Waals surface area (Å²) in [5, 5.41) is 6.37. The normalized spacial score (nSPS) is 13.6. The van der Waals surface area contributed by atoms with Gasteiger partial charge in [0.15, 0.2) is 0 Å². The molecule has 18 heavy (non-hydrogen) atoms. The van der Waals surface area contributed by atoms with Gasteiger partial charge in [-0.25, -0.2) is 0 Å². The molecule has 0 amide bonds. The first kappa shape index (κ1) is 14.9. The van der Waals surface area contributed by atoms with Crippen LogP contribution in [-0.2, 0) is 12.7 Å². The molecule has 0 saturated heterocycles. The van der Waals surface area contributed by atoms with Crippen molar-refractivity contribution in [1.82, 2.24) is 15.6 Å². The van der Waals surface area contributed by atoms with Gasteiger partial charge in [0.05, 0.1) is 11.3 Å². The summed E-state index contributed by atoms with van der Waals surface area (Å²) in [6.07, 6.45) is -3.46. The van der Waals surface area contributed by atoms with Crippen LogP contribution >= 0.6 is 0 Å². The highest BCUT2D eigenvalue weighted by Crippen LogP contribution is 2.28. The Morgan fingerprint density at radius 1 is 1.33 bits per heavy atom. The summed E-state index contributed by atoms with van der Waals surface area (Å²) in [5.41, 5.74) is -0.113. The van der Waals surface area contributed by atoms with Gasteiger partial charge in [0.2, 0.25) is 0 Å². The Labute approximate surface area is 105 Å². The van der Waals surface area contributed by atoms with E-state index in [0.717, 1.165) is 25.4 Å². The van der Waals surface area contributed by atoms with Crippen LogP contribution in [0.5, 0.6) is 0 Å². The van der Waals surface area contributed by atoms with Crippen LogP contribution in [0.15, 0.2) is 18.3 Å². The smallest absolute Gasteiger partial charge is 0.315 e. The van der Waals surface area contributed by atoms with Crippen molar-refractivity contribution in [3.8, 4) is 0 Å². The molecule has 2 N–H and O–H groups in total. The molecular formula is C12H18F3N3. The van der Waals surface area contributed by atoms with E-state index in [2.05, 4.69) is 15.6 Å². The van der Waals surface area contributed by atoms with Crippen LogP contribution in [0, 0.1) is 0 Å². The summed E-state index contributed by atoms with van der Waals surface area (Å²) in [5.74, 6) is 0. The third kappa shape index (κ3) is 5.01. The van der Waals surface area contributed by atoms with Crippen LogP contribution in [-0.4, -0.2) is 24.1 Å². The molecule has 0 aliphatic rings. The predicted molar refractivity (Wildman–Crippen MR) is 64.1 cm³/mol.